The predicted molar refractivity (Wildman–Crippen MR) is 209 cm³/mol. The minimum Gasteiger partial charge on any atom is -0.399 e. The van der Waals surface area contributed by atoms with Crippen LogP contribution in [0.15, 0.2) is 60.7 Å². The third-order valence-corrected chi connectivity index (χ3v) is 10.1. The van der Waals surface area contributed by atoms with Gasteiger partial charge in [-0.05, 0) is 91.4 Å². The van der Waals surface area contributed by atoms with Gasteiger partial charge in [0.2, 0.25) is 0 Å². The molecule has 0 atom stereocenters. The molecular formula is C44H63N3O2. The van der Waals surface area contributed by atoms with Crippen molar-refractivity contribution < 1.29 is 9.59 Å². The molecule has 4 rings (SSSR count). The summed E-state index contributed by atoms with van der Waals surface area (Å²) in [7, 11) is 0. The number of aryl methyl sites for hydroxylation is 2. The second-order valence-corrected chi connectivity index (χ2v) is 14.3. The van der Waals surface area contributed by atoms with Gasteiger partial charge >= 0.3 is 0 Å². The number of unbranched alkanes of at least 4 members (excludes halogenated alkanes) is 18. The molecule has 0 saturated carbocycles. The van der Waals surface area contributed by atoms with Gasteiger partial charge in [0.1, 0.15) is 0 Å². The Kier molecular flexibility index (Phi) is 16.7. The van der Waals surface area contributed by atoms with Crippen molar-refractivity contribution in [1.82, 2.24) is 0 Å². The Morgan fingerprint density at radius 1 is 0.531 bits per heavy atom. The summed E-state index contributed by atoms with van der Waals surface area (Å²) in [6, 6.07) is 19.3. The number of hydrogen-bond donors (Lipinski definition) is 2. The number of amides is 2. The number of hydrogen-bond acceptors (Lipinski definition) is 4. The zero-order valence-corrected chi connectivity index (χ0v) is 30.7. The molecule has 1 aliphatic heterocycles. The molecule has 0 fully saturated rings. The van der Waals surface area contributed by atoms with Crippen LogP contribution in [0.4, 0.5) is 22.7 Å². The maximum Gasteiger partial charge on any atom is 0.265 e. The molecule has 2 bridgehead atoms. The Labute approximate surface area is 297 Å². The summed E-state index contributed by atoms with van der Waals surface area (Å²) in [5.41, 5.74) is 13.2. The van der Waals surface area contributed by atoms with Gasteiger partial charge in [0.05, 0.1) is 5.69 Å². The Morgan fingerprint density at radius 2 is 1.02 bits per heavy atom. The van der Waals surface area contributed by atoms with Gasteiger partial charge in [-0.25, -0.2) is 4.90 Å². The quantitative estimate of drug-likeness (QED) is 0.0536. The van der Waals surface area contributed by atoms with Crippen molar-refractivity contribution in [3.63, 3.8) is 0 Å². The van der Waals surface area contributed by atoms with E-state index >= 15 is 0 Å². The lowest BCUT2D eigenvalue weighted by atomic mass is 9.98. The highest BCUT2D eigenvalue weighted by atomic mass is 16.2. The van der Waals surface area contributed by atoms with E-state index in [9.17, 15) is 9.59 Å². The van der Waals surface area contributed by atoms with Gasteiger partial charge in [0.15, 0.2) is 0 Å². The minimum atomic E-state index is -0.250. The summed E-state index contributed by atoms with van der Waals surface area (Å²) in [5, 5.41) is 3.68. The number of carbonyl (C=O) groups excluding carboxylic acids is 2. The third-order valence-electron chi connectivity index (χ3n) is 10.1. The normalized spacial score (nSPS) is 12.6. The van der Waals surface area contributed by atoms with Crippen molar-refractivity contribution in [3.8, 4) is 0 Å². The van der Waals surface area contributed by atoms with Crippen molar-refractivity contribution in [1.29, 1.82) is 0 Å². The summed E-state index contributed by atoms with van der Waals surface area (Å²) in [6.45, 7) is 4.54. The molecule has 0 unspecified atom stereocenters. The van der Waals surface area contributed by atoms with Gasteiger partial charge < -0.3 is 11.1 Å². The molecule has 2 amide bonds. The summed E-state index contributed by atoms with van der Waals surface area (Å²) >= 11 is 0. The lowest BCUT2D eigenvalue weighted by molar-refractivity contribution is 0.0889. The molecule has 5 nitrogen and oxygen atoms in total. The molecule has 3 aromatic rings. The molecule has 3 N–H and O–H groups in total. The van der Waals surface area contributed by atoms with Gasteiger partial charge in [0.25, 0.3) is 11.8 Å². The third kappa shape index (κ3) is 12.3. The van der Waals surface area contributed by atoms with Crippen LogP contribution in [0.5, 0.6) is 0 Å². The lowest BCUT2D eigenvalue weighted by Gasteiger charge is -2.28. The lowest BCUT2D eigenvalue weighted by Crippen LogP contribution is -2.40. The molecule has 0 radical (unpaired) electrons. The smallest absolute Gasteiger partial charge is 0.265 e. The molecule has 0 spiro atoms. The number of fused-ring (bicyclic) bond motifs is 2. The van der Waals surface area contributed by atoms with Crippen LogP contribution < -0.4 is 16.0 Å². The summed E-state index contributed by atoms with van der Waals surface area (Å²) in [4.78, 5) is 28.3. The first-order valence-corrected chi connectivity index (χ1v) is 19.8. The largest absolute Gasteiger partial charge is 0.399 e. The average molecular weight is 666 g/mol. The van der Waals surface area contributed by atoms with Crippen LogP contribution in [0.25, 0.3) is 0 Å². The van der Waals surface area contributed by atoms with Gasteiger partial charge in [0, 0.05) is 28.2 Å². The monoisotopic (exact) mass is 665 g/mol. The van der Waals surface area contributed by atoms with Crippen molar-refractivity contribution in [2.45, 2.75) is 155 Å². The van der Waals surface area contributed by atoms with Crippen LogP contribution in [-0.4, -0.2) is 11.8 Å². The van der Waals surface area contributed by atoms with Crippen LogP contribution in [-0.2, 0) is 12.8 Å². The first kappa shape index (κ1) is 38.2. The van der Waals surface area contributed by atoms with E-state index in [-0.39, 0.29) is 11.8 Å². The molecule has 266 valence electrons. The highest BCUT2D eigenvalue weighted by Crippen LogP contribution is 2.33. The highest BCUT2D eigenvalue weighted by molar-refractivity contribution is 6.29. The molecule has 1 aliphatic rings. The Morgan fingerprint density at radius 3 is 1.55 bits per heavy atom. The van der Waals surface area contributed by atoms with E-state index in [4.69, 9.17) is 5.73 Å². The van der Waals surface area contributed by atoms with Crippen LogP contribution in [0.3, 0.4) is 0 Å². The summed E-state index contributed by atoms with van der Waals surface area (Å²) in [5.74, 6) is -0.499. The maximum atomic E-state index is 13.5. The molecule has 0 saturated heterocycles. The summed E-state index contributed by atoms with van der Waals surface area (Å²) in [6.07, 6.45) is 27.7. The van der Waals surface area contributed by atoms with Gasteiger partial charge in [-0.2, -0.15) is 0 Å². The average Bonchev–Trinajstić information content (AvgIpc) is 3.11. The number of nitrogens with one attached hydrogen (secondary N) is 1. The summed E-state index contributed by atoms with van der Waals surface area (Å²) < 4.78 is 0. The molecule has 1 heterocycles. The first-order valence-electron chi connectivity index (χ1n) is 19.8. The second kappa shape index (κ2) is 21.5. The van der Waals surface area contributed by atoms with Crippen molar-refractivity contribution in [2.24, 2.45) is 0 Å². The standard InChI is InChI=1S/C44H63N3O2/c1-3-5-7-9-11-13-15-17-19-21-24-35-33-39(45)28-30-41(35)46-40-29-31-42(47-43(48)37-26-23-27-38(32-37)44(47)49)36(34-40)25-22-20-18-16-14-12-10-8-6-4-2/h23,26-34,46H,3-22,24-25,45H2,1-2H3. The number of benzene rings is 3. The van der Waals surface area contributed by atoms with E-state index in [1.54, 1.807) is 24.3 Å². The molecule has 5 heteroatoms. The van der Waals surface area contributed by atoms with E-state index in [2.05, 4.69) is 37.4 Å². The predicted octanol–water partition coefficient (Wildman–Crippen LogP) is 12.7. The van der Waals surface area contributed by atoms with Crippen molar-refractivity contribution >= 4 is 34.6 Å². The maximum absolute atomic E-state index is 13.5. The van der Waals surface area contributed by atoms with Gasteiger partial charge in [-0.1, -0.05) is 135 Å². The zero-order valence-electron chi connectivity index (χ0n) is 30.7. The topological polar surface area (TPSA) is 75.4 Å². The van der Waals surface area contributed by atoms with Crippen LogP contribution in [0, 0.1) is 0 Å². The molecule has 0 aromatic heterocycles. The Balaban J connectivity index is 1.39. The fourth-order valence-electron chi connectivity index (χ4n) is 7.14. The fraction of sp³-hybridized carbons (Fsp3) is 0.545. The van der Waals surface area contributed by atoms with Crippen molar-refractivity contribution in [3.05, 3.63) is 82.9 Å². The molecule has 3 aromatic carbocycles. The number of imide groups is 1. The molecular weight excluding hydrogens is 603 g/mol. The number of rotatable bonds is 25. The number of nitrogen functional groups attached to an aromatic ring is 1. The minimum absolute atomic E-state index is 0.250. The SMILES string of the molecule is CCCCCCCCCCCCc1cc(N)ccc1Nc1ccc(N2C(=O)c3cccc(c3)C2=O)c(CCCCCCCCCCCC)c1. The van der Waals surface area contributed by atoms with Crippen LogP contribution in [0.1, 0.15) is 174 Å². The van der Waals surface area contributed by atoms with Crippen LogP contribution in [0.2, 0.25) is 0 Å². The second-order valence-electron chi connectivity index (χ2n) is 14.3. The highest BCUT2D eigenvalue weighted by Gasteiger charge is 2.32. The fourth-order valence-corrected chi connectivity index (χ4v) is 7.14. The number of nitrogens with zero attached hydrogens (tertiary/aromatic N) is 1. The van der Waals surface area contributed by atoms with E-state index in [1.807, 2.05) is 18.2 Å². The Hall–Kier alpha value is -3.60. The first-order chi connectivity index (χ1) is 24.0. The van der Waals surface area contributed by atoms with E-state index in [1.165, 1.54) is 120 Å². The van der Waals surface area contributed by atoms with E-state index in [0.717, 1.165) is 54.7 Å². The molecule has 49 heavy (non-hydrogen) atoms. The zero-order chi connectivity index (χ0) is 34.7. The van der Waals surface area contributed by atoms with E-state index < -0.39 is 0 Å². The molecule has 0 aliphatic carbocycles. The van der Waals surface area contributed by atoms with Gasteiger partial charge in [-0.3, -0.25) is 9.59 Å². The van der Waals surface area contributed by atoms with E-state index in [0.29, 0.717) is 16.8 Å². The Bertz CT molecular complexity index is 1420. The van der Waals surface area contributed by atoms with Gasteiger partial charge in [-0.15, -0.1) is 0 Å². The van der Waals surface area contributed by atoms with Crippen molar-refractivity contribution in [2.75, 3.05) is 16.0 Å². The number of anilines is 4. The number of carbonyl (C=O) groups is 2. The number of nitrogens with two attached hydrogens (primary N) is 1. The van der Waals surface area contributed by atoms with Crippen LogP contribution >= 0.6 is 0 Å².